The quantitative estimate of drug-likeness (QED) is 0.855. The number of benzene rings is 1. The van der Waals surface area contributed by atoms with Crippen LogP contribution >= 0.6 is 0 Å². The van der Waals surface area contributed by atoms with Gasteiger partial charge in [-0.2, -0.15) is 8.42 Å². The van der Waals surface area contributed by atoms with Gasteiger partial charge in [-0.15, -0.1) is 4.40 Å². The molecule has 0 unspecified atom stereocenters. The van der Waals surface area contributed by atoms with Gasteiger partial charge < -0.3 is 0 Å². The third-order valence-corrected chi connectivity index (χ3v) is 4.64. The predicted octanol–water partition coefficient (Wildman–Crippen LogP) is 3.07. The van der Waals surface area contributed by atoms with Gasteiger partial charge in [0.25, 0.3) is 10.0 Å². The Kier molecular flexibility index (Phi) is 3.25. The maximum absolute atomic E-state index is 11.9. The molecule has 0 bridgehead atoms. The van der Waals surface area contributed by atoms with Crippen LogP contribution in [0, 0.1) is 0 Å². The normalized spacial score (nSPS) is 16.0. The summed E-state index contributed by atoms with van der Waals surface area (Å²) in [4.78, 5) is 5.99. The minimum atomic E-state index is -3.64. The van der Waals surface area contributed by atoms with Gasteiger partial charge in [-0.25, -0.2) is 4.98 Å². The van der Waals surface area contributed by atoms with E-state index in [0.29, 0.717) is 11.7 Å². The summed E-state index contributed by atoms with van der Waals surface area (Å²) < 4.78 is 27.5. The Morgan fingerprint density at radius 2 is 1.81 bits per heavy atom. The van der Waals surface area contributed by atoms with E-state index in [1.807, 2.05) is 24.3 Å². The van der Waals surface area contributed by atoms with Crippen LogP contribution < -0.4 is 4.90 Å². The second-order valence-corrected chi connectivity index (χ2v) is 6.74. The van der Waals surface area contributed by atoms with E-state index < -0.39 is 10.0 Å². The van der Waals surface area contributed by atoms with Crippen LogP contribution in [0.2, 0.25) is 0 Å². The van der Waals surface area contributed by atoms with E-state index in [2.05, 4.69) is 23.2 Å². The second-order valence-electron chi connectivity index (χ2n) is 5.14. The van der Waals surface area contributed by atoms with Crippen molar-refractivity contribution in [2.24, 2.45) is 4.40 Å². The number of hydrogen-bond donors (Lipinski definition) is 0. The molecule has 108 valence electrons. The molecule has 2 aromatic rings. The van der Waals surface area contributed by atoms with E-state index in [0.717, 1.165) is 5.69 Å². The van der Waals surface area contributed by atoms with E-state index >= 15 is 0 Å². The third-order valence-electron chi connectivity index (χ3n) is 3.40. The summed E-state index contributed by atoms with van der Waals surface area (Å²) in [6.45, 7) is 4.25. The molecule has 1 aliphatic rings. The lowest BCUT2D eigenvalue weighted by molar-refractivity contribution is 0.597. The van der Waals surface area contributed by atoms with E-state index in [1.165, 1.54) is 18.0 Å². The van der Waals surface area contributed by atoms with Crippen molar-refractivity contribution in [3.63, 3.8) is 0 Å². The number of hydrogen-bond acceptors (Lipinski definition) is 4. The van der Waals surface area contributed by atoms with Crippen LogP contribution in [0.25, 0.3) is 0 Å². The van der Waals surface area contributed by atoms with Crippen LogP contribution in [0.4, 0.5) is 11.5 Å². The zero-order valence-corrected chi connectivity index (χ0v) is 12.6. The fourth-order valence-corrected chi connectivity index (χ4v) is 3.16. The van der Waals surface area contributed by atoms with Crippen LogP contribution in [0.15, 0.2) is 51.9 Å². The van der Waals surface area contributed by atoms with Crippen molar-refractivity contribution in [2.75, 3.05) is 4.90 Å². The van der Waals surface area contributed by atoms with Crippen LogP contribution in [0.5, 0.6) is 0 Å². The van der Waals surface area contributed by atoms with Crippen molar-refractivity contribution in [1.29, 1.82) is 0 Å². The van der Waals surface area contributed by atoms with Crippen molar-refractivity contribution in [3.05, 3.63) is 48.2 Å². The molecular weight excluding hydrogens is 286 g/mol. The van der Waals surface area contributed by atoms with Crippen LogP contribution in [-0.2, 0) is 10.0 Å². The van der Waals surface area contributed by atoms with E-state index in [9.17, 15) is 8.42 Å². The van der Waals surface area contributed by atoms with Crippen molar-refractivity contribution in [2.45, 2.75) is 24.7 Å². The molecular formula is C15H15N3O2S. The Labute approximate surface area is 124 Å². The largest absolute Gasteiger partial charge is 0.287 e. The summed E-state index contributed by atoms with van der Waals surface area (Å²) in [5.74, 6) is 0.824. The van der Waals surface area contributed by atoms with Crippen LogP contribution in [0.3, 0.4) is 0 Å². The lowest BCUT2D eigenvalue weighted by Crippen LogP contribution is -2.23. The molecule has 0 saturated carbocycles. The number of rotatable bonds is 2. The van der Waals surface area contributed by atoms with Gasteiger partial charge in [0.05, 0.1) is 0 Å². The van der Waals surface area contributed by atoms with Crippen molar-refractivity contribution in [3.8, 4) is 0 Å². The van der Waals surface area contributed by atoms with E-state index in [1.54, 1.807) is 17.2 Å². The monoisotopic (exact) mass is 301 g/mol. The smallest absolute Gasteiger partial charge is 0.283 e. The van der Waals surface area contributed by atoms with Crippen molar-refractivity contribution >= 4 is 27.9 Å². The summed E-state index contributed by atoms with van der Waals surface area (Å²) in [6, 6.07) is 11.1. The minimum absolute atomic E-state index is 0.125. The molecule has 1 aromatic heterocycles. The number of aromatic nitrogens is 1. The topological polar surface area (TPSA) is 62.6 Å². The Morgan fingerprint density at radius 3 is 2.48 bits per heavy atom. The van der Waals surface area contributed by atoms with Crippen molar-refractivity contribution in [1.82, 2.24) is 4.98 Å². The highest BCUT2D eigenvalue weighted by Gasteiger charge is 2.27. The molecule has 1 aromatic carbocycles. The number of anilines is 2. The number of nitrogens with zero attached hydrogens (tertiary/aromatic N) is 3. The number of sulfonamides is 1. The SMILES string of the molecule is CC(C)c1ccc(N2C=NS(=O)(=O)c3cccnc32)cc1. The highest BCUT2D eigenvalue weighted by molar-refractivity contribution is 7.90. The van der Waals surface area contributed by atoms with E-state index in [-0.39, 0.29) is 4.90 Å². The molecule has 0 spiro atoms. The fraction of sp³-hybridized carbons (Fsp3) is 0.200. The lowest BCUT2D eigenvalue weighted by Gasteiger charge is -2.24. The molecule has 0 radical (unpaired) electrons. The van der Waals surface area contributed by atoms with Crippen molar-refractivity contribution < 1.29 is 8.42 Å². The summed E-state index contributed by atoms with van der Waals surface area (Å²) >= 11 is 0. The molecule has 3 rings (SSSR count). The number of pyridine rings is 1. The lowest BCUT2D eigenvalue weighted by atomic mass is 10.0. The molecule has 0 amide bonds. The van der Waals surface area contributed by atoms with Crippen LogP contribution in [-0.4, -0.2) is 19.7 Å². The fourth-order valence-electron chi connectivity index (χ4n) is 2.19. The summed E-state index contributed by atoms with van der Waals surface area (Å²) in [5.41, 5.74) is 2.06. The Balaban J connectivity index is 2.08. The molecule has 2 heterocycles. The predicted molar refractivity (Wildman–Crippen MR) is 82.6 cm³/mol. The molecule has 5 nitrogen and oxygen atoms in total. The summed E-state index contributed by atoms with van der Waals surface area (Å²) in [7, 11) is -3.64. The molecule has 0 aliphatic carbocycles. The maximum Gasteiger partial charge on any atom is 0.287 e. The first-order valence-electron chi connectivity index (χ1n) is 6.64. The summed E-state index contributed by atoms with van der Waals surface area (Å²) in [5, 5.41) is 0. The molecule has 0 saturated heterocycles. The molecule has 0 atom stereocenters. The minimum Gasteiger partial charge on any atom is -0.283 e. The van der Waals surface area contributed by atoms with E-state index in [4.69, 9.17) is 0 Å². The number of fused-ring (bicyclic) bond motifs is 1. The molecule has 1 aliphatic heterocycles. The molecule has 21 heavy (non-hydrogen) atoms. The molecule has 0 N–H and O–H groups in total. The Morgan fingerprint density at radius 1 is 1.10 bits per heavy atom. The zero-order chi connectivity index (χ0) is 15.0. The maximum atomic E-state index is 11.9. The zero-order valence-electron chi connectivity index (χ0n) is 11.8. The summed E-state index contributed by atoms with van der Waals surface area (Å²) in [6.07, 6.45) is 2.87. The molecule has 0 fully saturated rings. The average Bonchev–Trinajstić information content (AvgIpc) is 2.48. The van der Waals surface area contributed by atoms with Gasteiger partial charge in [0.15, 0.2) is 5.82 Å². The first kappa shape index (κ1) is 13.8. The third kappa shape index (κ3) is 2.42. The van der Waals surface area contributed by atoms with Gasteiger partial charge in [-0.05, 0) is 35.7 Å². The van der Waals surface area contributed by atoms with Gasteiger partial charge >= 0.3 is 0 Å². The van der Waals surface area contributed by atoms with Crippen LogP contribution in [0.1, 0.15) is 25.3 Å². The Hall–Kier alpha value is -2.21. The average molecular weight is 301 g/mol. The first-order valence-corrected chi connectivity index (χ1v) is 8.08. The van der Waals surface area contributed by atoms with Gasteiger partial charge in [-0.1, -0.05) is 26.0 Å². The van der Waals surface area contributed by atoms with Gasteiger partial charge in [0.2, 0.25) is 0 Å². The second kappa shape index (κ2) is 4.96. The first-order chi connectivity index (χ1) is 9.99. The highest BCUT2D eigenvalue weighted by atomic mass is 32.2. The highest BCUT2D eigenvalue weighted by Crippen LogP contribution is 2.32. The Bertz CT molecular complexity index is 796. The van der Waals surface area contributed by atoms with Gasteiger partial charge in [0.1, 0.15) is 11.2 Å². The molecule has 6 heteroatoms. The standard InChI is InChI=1S/C15H15N3O2S/c1-11(2)12-5-7-13(8-6-12)18-10-17-21(19,20)14-4-3-9-16-15(14)18/h3-11H,1-2H3. The van der Waals surface area contributed by atoms with Gasteiger partial charge in [-0.3, -0.25) is 4.90 Å². The van der Waals surface area contributed by atoms with Gasteiger partial charge in [0, 0.05) is 11.9 Å².